The van der Waals surface area contributed by atoms with Crippen LogP contribution in [-0.2, 0) is 23.5 Å². The van der Waals surface area contributed by atoms with Gasteiger partial charge in [-0.15, -0.1) is 0 Å². The number of thiazole rings is 1. The molecule has 1 atom stereocenters. The number of aliphatic hydroxyl groups is 1. The van der Waals surface area contributed by atoms with Gasteiger partial charge in [-0.3, -0.25) is 14.3 Å². The van der Waals surface area contributed by atoms with Crippen LogP contribution in [0.4, 0.5) is 4.79 Å². The Labute approximate surface area is 234 Å². The number of amides is 1. The highest BCUT2D eigenvalue weighted by Crippen LogP contribution is 2.45. The number of fused-ring (bicyclic) bond motifs is 1. The number of carbonyl (C=O) groups excluding carboxylic acids is 1. The van der Waals surface area contributed by atoms with Crippen LogP contribution in [0, 0.1) is 0 Å². The lowest BCUT2D eigenvalue weighted by molar-refractivity contribution is 0.0920. The third kappa shape index (κ3) is 4.90. The molecule has 0 bridgehead atoms. The predicted octanol–water partition coefficient (Wildman–Crippen LogP) is 4.37. The van der Waals surface area contributed by atoms with Gasteiger partial charge in [0.2, 0.25) is 0 Å². The van der Waals surface area contributed by atoms with Gasteiger partial charge in [-0.1, -0.05) is 41.7 Å². The van der Waals surface area contributed by atoms with Gasteiger partial charge >= 0.3 is 6.09 Å². The molecule has 6 rings (SSSR count). The molecule has 208 valence electrons. The van der Waals surface area contributed by atoms with Gasteiger partial charge in [0.1, 0.15) is 34.5 Å². The summed E-state index contributed by atoms with van der Waals surface area (Å²) in [4.78, 5) is 38.4. The van der Waals surface area contributed by atoms with E-state index in [2.05, 4.69) is 0 Å². The molecule has 1 aliphatic carbocycles. The molecule has 1 saturated heterocycles. The van der Waals surface area contributed by atoms with Crippen LogP contribution in [0.3, 0.4) is 0 Å². The fraction of sp³-hybridized carbons (Fsp3) is 0.379. The van der Waals surface area contributed by atoms with Crippen LogP contribution in [0.25, 0.3) is 10.3 Å². The summed E-state index contributed by atoms with van der Waals surface area (Å²) in [6.07, 6.45) is 2.17. The Balaban J connectivity index is 1.33. The van der Waals surface area contributed by atoms with Gasteiger partial charge in [-0.05, 0) is 43.4 Å². The van der Waals surface area contributed by atoms with Gasteiger partial charge in [0.25, 0.3) is 5.56 Å². The summed E-state index contributed by atoms with van der Waals surface area (Å²) in [7, 11) is 3.13. The minimum atomic E-state index is -1.15. The number of rotatable bonds is 8. The second-order valence-electron chi connectivity index (χ2n) is 10.1. The second kappa shape index (κ2) is 10.5. The molecule has 4 aromatic rings. The zero-order chi connectivity index (χ0) is 27.9. The van der Waals surface area contributed by atoms with Crippen LogP contribution in [0.2, 0.25) is 0 Å². The summed E-state index contributed by atoms with van der Waals surface area (Å²) in [5, 5.41) is 11.7. The predicted molar refractivity (Wildman–Crippen MR) is 149 cm³/mol. The highest BCUT2D eigenvalue weighted by Gasteiger charge is 2.47. The second-order valence-corrected chi connectivity index (χ2v) is 11.1. The minimum absolute atomic E-state index is 0.154. The summed E-state index contributed by atoms with van der Waals surface area (Å²) in [6, 6.07) is 14.6. The molecule has 0 spiro atoms. The molecule has 2 aliphatic rings. The maximum Gasteiger partial charge on any atom is 0.410 e. The molecule has 10 nitrogen and oxygen atoms in total. The van der Waals surface area contributed by atoms with E-state index in [1.165, 1.54) is 15.9 Å². The quantitative estimate of drug-likeness (QED) is 0.337. The minimum Gasteiger partial charge on any atom is -0.497 e. The van der Waals surface area contributed by atoms with Gasteiger partial charge < -0.3 is 19.3 Å². The standard InChI is InChI=1S/C29H30N4O6S/c1-37-20-11-10-19(22(15-20)38-2)16-33-26(34)23-25(31-27(33)29(36)12-13-29)40-24(30-23)21-9-6-14-32(21)28(35)39-17-18-7-4-3-5-8-18/h3-5,7-8,10-11,15,21,36H,6,9,12-14,16-17H2,1-2H3. The lowest BCUT2D eigenvalue weighted by Gasteiger charge is -2.22. The average Bonchev–Trinajstić information content (AvgIpc) is 3.36. The molecule has 11 heteroatoms. The Morgan fingerprint density at radius 1 is 1.12 bits per heavy atom. The molecule has 40 heavy (non-hydrogen) atoms. The normalized spacial score (nSPS) is 17.7. The summed E-state index contributed by atoms with van der Waals surface area (Å²) >= 11 is 1.29. The number of benzene rings is 2. The topological polar surface area (TPSA) is 116 Å². The van der Waals surface area contributed by atoms with Crippen LogP contribution in [0.15, 0.2) is 53.3 Å². The Bertz CT molecular complexity index is 1610. The van der Waals surface area contributed by atoms with Gasteiger partial charge in [-0.2, -0.15) is 0 Å². The zero-order valence-corrected chi connectivity index (χ0v) is 23.1. The van der Waals surface area contributed by atoms with Gasteiger partial charge in [0.05, 0.1) is 26.8 Å². The fourth-order valence-corrected chi connectivity index (χ4v) is 6.19. The van der Waals surface area contributed by atoms with E-state index in [1.54, 1.807) is 31.3 Å². The third-order valence-electron chi connectivity index (χ3n) is 7.48. The maximum absolute atomic E-state index is 13.8. The number of methoxy groups -OCH3 is 2. The van der Waals surface area contributed by atoms with Crippen molar-refractivity contribution in [3.63, 3.8) is 0 Å². The van der Waals surface area contributed by atoms with Crippen LogP contribution in [0.5, 0.6) is 11.5 Å². The van der Waals surface area contributed by atoms with Crippen molar-refractivity contribution in [2.45, 2.75) is 50.5 Å². The van der Waals surface area contributed by atoms with E-state index < -0.39 is 11.7 Å². The van der Waals surface area contributed by atoms with Crippen LogP contribution < -0.4 is 15.0 Å². The number of ether oxygens (including phenoxy) is 3. The lowest BCUT2D eigenvalue weighted by atomic mass is 10.1. The Kier molecular flexibility index (Phi) is 6.93. The molecule has 2 fully saturated rings. The Morgan fingerprint density at radius 3 is 2.65 bits per heavy atom. The molecule has 1 aliphatic heterocycles. The monoisotopic (exact) mass is 562 g/mol. The van der Waals surface area contributed by atoms with Crippen molar-refractivity contribution in [3.8, 4) is 11.5 Å². The molecule has 2 aromatic carbocycles. The largest absolute Gasteiger partial charge is 0.497 e. The van der Waals surface area contributed by atoms with Gasteiger partial charge in [0, 0.05) is 18.2 Å². The van der Waals surface area contributed by atoms with E-state index in [4.69, 9.17) is 24.2 Å². The fourth-order valence-electron chi connectivity index (χ4n) is 5.11. The SMILES string of the molecule is COc1ccc(Cn2c(C3(O)CC3)nc3sc(C4CCCN4C(=O)OCc4ccccc4)nc3c2=O)c(OC)c1. The van der Waals surface area contributed by atoms with E-state index in [9.17, 15) is 14.7 Å². The van der Waals surface area contributed by atoms with Crippen molar-refractivity contribution in [1.29, 1.82) is 0 Å². The highest BCUT2D eigenvalue weighted by molar-refractivity contribution is 7.18. The summed E-state index contributed by atoms with van der Waals surface area (Å²) in [5.41, 5.74) is 0.394. The molecular weight excluding hydrogens is 532 g/mol. The van der Waals surface area contributed by atoms with Crippen molar-refractivity contribution in [2.75, 3.05) is 20.8 Å². The van der Waals surface area contributed by atoms with Gasteiger partial charge in [-0.25, -0.2) is 14.8 Å². The molecule has 1 unspecified atom stereocenters. The van der Waals surface area contributed by atoms with E-state index in [1.807, 2.05) is 36.4 Å². The van der Waals surface area contributed by atoms with Crippen LogP contribution in [-0.4, -0.2) is 51.4 Å². The number of hydrogen-bond donors (Lipinski definition) is 1. The Morgan fingerprint density at radius 2 is 1.93 bits per heavy atom. The lowest BCUT2D eigenvalue weighted by Crippen LogP contribution is -2.31. The molecule has 1 saturated carbocycles. The molecular formula is C29H30N4O6S. The molecule has 3 heterocycles. The first-order chi connectivity index (χ1) is 19.4. The number of likely N-dealkylation sites (tertiary alicyclic amines) is 1. The number of aromatic nitrogens is 3. The number of carbonyl (C=O) groups is 1. The van der Waals surface area contributed by atoms with E-state index >= 15 is 0 Å². The van der Waals surface area contributed by atoms with E-state index in [0.29, 0.717) is 53.0 Å². The smallest absolute Gasteiger partial charge is 0.410 e. The summed E-state index contributed by atoms with van der Waals surface area (Å²) in [6.45, 7) is 0.890. The average molecular weight is 563 g/mol. The number of nitrogens with zero attached hydrogens (tertiary/aromatic N) is 4. The van der Waals surface area contributed by atoms with Crippen molar-refractivity contribution in [3.05, 3.63) is 80.8 Å². The van der Waals surface area contributed by atoms with E-state index in [0.717, 1.165) is 17.5 Å². The first kappa shape index (κ1) is 26.3. The van der Waals surface area contributed by atoms with Crippen LogP contribution in [0.1, 0.15) is 53.7 Å². The molecule has 0 radical (unpaired) electrons. The molecule has 1 amide bonds. The highest BCUT2D eigenvalue weighted by atomic mass is 32.1. The molecule has 2 aromatic heterocycles. The van der Waals surface area contributed by atoms with Crippen molar-refractivity contribution >= 4 is 27.8 Å². The summed E-state index contributed by atoms with van der Waals surface area (Å²) in [5.74, 6) is 1.52. The van der Waals surface area contributed by atoms with Gasteiger partial charge in [0.15, 0.2) is 10.3 Å². The Hall–Kier alpha value is -3.96. The van der Waals surface area contributed by atoms with Crippen molar-refractivity contribution < 1.29 is 24.1 Å². The first-order valence-corrected chi connectivity index (χ1v) is 14.0. The van der Waals surface area contributed by atoms with Crippen LogP contribution >= 0.6 is 11.3 Å². The molecule has 1 N–H and O–H groups in total. The first-order valence-electron chi connectivity index (χ1n) is 13.2. The number of hydrogen-bond acceptors (Lipinski definition) is 9. The van der Waals surface area contributed by atoms with Crippen molar-refractivity contribution in [2.24, 2.45) is 0 Å². The third-order valence-corrected chi connectivity index (χ3v) is 8.53. The maximum atomic E-state index is 13.8. The summed E-state index contributed by atoms with van der Waals surface area (Å²) < 4.78 is 17.9. The van der Waals surface area contributed by atoms with E-state index in [-0.39, 0.29) is 30.3 Å². The van der Waals surface area contributed by atoms with Crippen molar-refractivity contribution in [1.82, 2.24) is 19.4 Å². The zero-order valence-electron chi connectivity index (χ0n) is 22.3.